The summed E-state index contributed by atoms with van der Waals surface area (Å²) in [6.45, 7) is 9.06. The van der Waals surface area contributed by atoms with Crippen LogP contribution in [0.1, 0.15) is 38.1 Å². The van der Waals surface area contributed by atoms with E-state index in [-0.39, 0.29) is 30.0 Å². The van der Waals surface area contributed by atoms with Crippen molar-refractivity contribution in [2.45, 2.75) is 33.2 Å². The summed E-state index contributed by atoms with van der Waals surface area (Å²) in [6, 6.07) is 9.90. The molecule has 2 aromatic rings. The fourth-order valence-corrected chi connectivity index (χ4v) is 2.79. The Hall–Kier alpha value is -1.94. The predicted molar refractivity (Wildman–Crippen MR) is 130 cm³/mol. The zero-order chi connectivity index (χ0) is 20.9. The van der Waals surface area contributed by atoms with E-state index in [0.29, 0.717) is 32.9 Å². The van der Waals surface area contributed by atoms with Gasteiger partial charge >= 0.3 is 0 Å². The molecule has 30 heavy (non-hydrogen) atoms. The smallest absolute Gasteiger partial charge is 0.191 e. The van der Waals surface area contributed by atoms with Crippen molar-refractivity contribution < 1.29 is 18.6 Å². The van der Waals surface area contributed by atoms with Crippen LogP contribution < -0.4 is 20.1 Å². The molecule has 0 radical (unpaired) electrons. The highest BCUT2D eigenvalue weighted by Gasteiger charge is 2.13. The van der Waals surface area contributed by atoms with Gasteiger partial charge in [-0.3, -0.25) is 4.99 Å². The Balaban J connectivity index is 0.00000450. The second kappa shape index (κ2) is 15.0. The third-order valence-corrected chi connectivity index (χ3v) is 4.23. The lowest BCUT2D eigenvalue weighted by atomic mass is 10.1. The van der Waals surface area contributed by atoms with Crippen LogP contribution in [0.3, 0.4) is 0 Å². The number of halogens is 1. The molecule has 0 amide bonds. The van der Waals surface area contributed by atoms with Crippen molar-refractivity contribution in [3.05, 3.63) is 47.9 Å². The number of aliphatic imine (C=N–C) groups is 1. The molecule has 0 spiro atoms. The van der Waals surface area contributed by atoms with E-state index in [1.807, 2.05) is 44.2 Å². The maximum Gasteiger partial charge on any atom is 0.191 e. The average Bonchev–Trinajstić information content (AvgIpc) is 3.23. The monoisotopic (exact) mass is 531 g/mol. The van der Waals surface area contributed by atoms with Crippen molar-refractivity contribution >= 4 is 29.9 Å². The summed E-state index contributed by atoms with van der Waals surface area (Å²) in [5.41, 5.74) is 1.09. The molecule has 2 rings (SSSR count). The summed E-state index contributed by atoms with van der Waals surface area (Å²) in [4.78, 5) is 4.59. The second-order valence-electron chi connectivity index (χ2n) is 6.42. The topological polar surface area (TPSA) is 77.2 Å². The molecule has 8 heteroatoms. The van der Waals surface area contributed by atoms with Gasteiger partial charge in [-0.25, -0.2) is 0 Å². The number of nitrogens with one attached hydrogen (secondary N) is 2. The Morgan fingerprint density at radius 2 is 1.90 bits per heavy atom. The van der Waals surface area contributed by atoms with Crippen molar-refractivity contribution in [2.75, 3.05) is 40.0 Å². The van der Waals surface area contributed by atoms with E-state index in [4.69, 9.17) is 18.6 Å². The minimum atomic E-state index is 0. The maximum absolute atomic E-state index is 5.75. The Morgan fingerprint density at radius 1 is 1.13 bits per heavy atom. The summed E-state index contributed by atoms with van der Waals surface area (Å²) in [5, 5.41) is 6.81. The number of rotatable bonds is 12. The second-order valence-corrected chi connectivity index (χ2v) is 6.42. The molecule has 1 heterocycles. The van der Waals surface area contributed by atoms with Crippen LogP contribution in [0, 0.1) is 0 Å². The van der Waals surface area contributed by atoms with Crippen LogP contribution >= 0.6 is 24.0 Å². The molecule has 1 aromatic heterocycles. The molecule has 1 aromatic carbocycles. The van der Waals surface area contributed by atoms with Crippen LogP contribution in [-0.4, -0.2) is 46.0 Å². The van der Waals surface area contributed by atoms with Crippen LogP contribution in [0.2, 0.25) is 0 Å². The van der Waals surface area contributed by atoms with Crippen molar-refractivity contribution in [1.29, 1.82) is 0 Å². The molecule has 0 bridgehead atoms. The molecule has 0 aliphatic carbocycles. The fraction of sp³-hybridized carbons (Fsp3) is 0.500. The zero-order valence-electron chi connectivity index (χ0n) is 18.3. The third-order valence-electron chi connectivity index (χ3n) is 4.23. The third kappa shape index (κ3) is 8.83. The van der Waals surface area contributed by atoms with Gasteiger partial charge in [-0.2, -0.15) is 0 Å². The molecule has 1 atom stereocenters. The first-order chi connectivity index (χ1) is 14.2. The van der Waals surface area contributed by atoms with E-state index >= 15 is 0 Å². The molecule has 0 fully saturated rings. The summed E-state index contributed by atoms with van der Waals surface area (Å²) in [5.74, 6) is 3.18. The number of guanidine groups is 1. The molecular formula is C22H34IN3O4. The van der Waals surface area contributed by atoms with Gasteiger partial charge in [0.15, 0.2) is 17.5 Å². The zero-order valence-corrected chi connectivity index (χ0v) is 20.6. The van der Waals surface area contributed by atoms with Crippen molar-refractivity contribution in [3.8, 4) is 11.5 Å². The number of hydrogen-bond acceptors (Lipinski definition) is 5. The van der Waals surface area contributed by atoms with Crippen LogP contribution in [0.25, 0.3) is 0 Å². The molecule has 0 saturated carbocycles. The van der Waals surface area contributed by atoms with Crippen LogP contribution in [0.15, 0.2) is 46.0 Å². The Kier molecular flexibility index (Phi) is 13.0. The van der Waals surface area contributed by atoms with E-state index in [1.165, 1.54) is 0 Å². The Morgan fingerprint density at radius 3 is 2.57 bits per heavy atom. The molecule has 0 saturated heterocycles. The quantitative estimate of drug-likeness (QED) is 0.185. The highest BCUT2D eigenvalue weighted by molar-refractivity contribution is 14.0. The maximum atomic E-state index is 5.75. The van der Waals surface area contributed by atoms with Gasteiger partial charge in [0.05, 0.1) is 38.7 Å². The molecule has 1 unspecified atom stereocenters. The van der Waals surface area contributed by atoms with Gasteiger partial charge < -0.3 is 29.3 Å². The van der Waals surface area contributed by atoms with Crippen molar-refractivity contribution in [1.82, 2.24) is 10.6 Å². The van der Waals surface area contributed by atoms with Gasteiger partial charge in [0.2, 0.25) is 0 Å². The lowest BCUT2D eigenvalue weighted by Gasteiger charge is -2.20. The van der Waals surface area contributed by atoms with Gasteiger partial charge in [0.1, 0.15) is 5.76 Å². The Labute approximate surface area is 196 Å². The first-order valence-corrected chi connectivity index (χ1v) is 10.1. The van der Waals surface area contributed by atoms with Crippen LogP contribution in [0.4, 0.5) is 0 Å². The summed E-state index contributed by atoms with van der Waals surface area (Å²) >= 11 is 0. The molecular weight excluding hydrogens is 497 g/mol. The lowest BCUT2D eigenvalue weighted by Crippen LogP contribution is -2.40. The van der Waals surface area contributed by atoms with Gasteiger partial charge in [-0.05, 0) is 50.6 Å². The standard InChI is InChI=1S/C22H33N3O4.HI/c1-5-27-20-10-9-18(16-21(20)28-6-2)17(3)25-22(24-13-15-26-4)23-12-11-19-8-7-14-29-19;/h7-10,14,16-17H,5-6,11-13,15H2,1-4H3,(H2,23,24,25);1H. The molecule has 7 nitrogen and oxygen atoms in total. The van der Waals surface area contributed by atoms with E-state index in [2.05, 4.69) is 22.5 Å². The van der Waals surface area contributed by atoms with Crippen LogP contribution in [0.5, 0.6) is 11.5 Å². The van der Waals surface area contributed by atoms with Gasteiger partial charge in [-0.15, -0.1) is 24.0 Å². The van der Waals surface area contributed by atoms with Crippen molar-refractivity contribution in [2.24, 2.45) is 4.99 Å². The summed E-state index contributed by atoms with van der Waals surface area (Å²) in [7, 11) is 1.67. The number of nitrogens with zero attached hydrogens (tertiary/aromatic N) is 1. The minimum absolute atomic E-state index is 0. The van der Waals surface area contributed by atoms with Crippen LogP contribution in [-0.2, 0) is 11.2 Å². The first-order valence-electron chi connectivity index (χ1n) is 10.1. The highest BCUT2D eigenvalue weighted by Crippen LogP contribution is 2.30. The van der Waals surface area contributed by atoms with Gasteiger partial charge in [-0.1, -0.05) is 6.07 Å². The lowest BCUT2D eigenvalue weighted by molar-refractivity contribution is 0.208. The number of ether oxygens (including phenoxy) is 3. The van der Waals surface area contributed by atoms with E-state index in [9.17, 15) is 0 Å². The normalized spacial score (nSPS) is 12.1. The first kappa shape index (κ1) is 26.1. The fourth-order valence-electron chi connectivity index (χ4n) is 2.79. The molecule has 0 aliphatic rings. The predicted octanol–water partition coefficient (Wildman–Crippen LogP) is 4.18. The Bertz CT molecular complexity index is 738. The van der Waals surface area contributed by atoms with Crippen molar-refractivity contribution in [3.63, 3.8) is 0 Å². The van der Waals surface area contributed by atoms with Gasteiger partial charge in [0.25, 0.3) is 0 Å². The van der Waals surface area contributed by atoms with Gasteiger partial charge in [0, 0.05) is 20.1 Å². The number of hydrogen-bond donors (Lipinski definition) is 2. The minimum Gasteiger partial charge on any atom is -0.490 e. The van der Waals surface area contributed by atoms with E-state index < -0.39 is 0 Å². The number of furan rings is 1. The SMILES string of the molecule is CCOc1ccc(C(C)NC(=NCCOC)NCCc2ccco2)cc1OCC.I. The number of benzene rings is 1. The molecule has 168 valence electrons. The largest absolute Gasteiger partial charge is 0.490 e. The van der Waals surface area contributed by atoms with E-state index in [0.717, 1.165) is 35.2 Å². The highest BCUT2D eigenvalue weighted by atomic mass is 127. The average molecular weight is 531 g/mol. The summed E-state index contributed by atoms with van der Waals surface area (Å²) in [6.07, 6.45) is 2.47. The van der Waals surface area contributed by atoms with E-state index in [1.54, 1.807) is 13.4 Å². The summed E-state index contributed by atoms with van der Waals surface area (Å²) < 4.78 is 21.9. The molecule has 0 aliphatic heterocycles. The number of methoxy groups -OCH3 is 1. The molecule has 2 N–H and O–H groups in total.